The van der Waals surface area contributed by atoms with Gasteiger partial charge in [-0.15, -0.1) is 0 Å². The van der Waals surface area contributed by atoms with Gasteiger partial charge in [0.15, 0.2) is 12.4 Å². The largest absolute Gasteiger partial charge is 0.482 e. The molecule has 2 aromatic carbocycles. The monoisotopic (exact) mass is 432 g/mol. The maximum absolute atomic E-state index is 12.6. The number of anilines is 1. The first-order valence-electron chi connectivity index (χ1n) is 10.7. The molecule has 1 aromatic heterocycles. The van der Waals surface area contributed by atoms with Crippen molar-refractivity contribution in [1.29, 1.82) is 0 Å². The zero-order valence-electron chi connectivity index (χ0n) is 18.8. The summed E-state index contributed by atoms with van der Waals surface area (Å²) in [5, 5.41) is 2.94. The molecule has 0 aliphatic carbocycles. The van der Waals surface area contributed by atoms with E-state index in [-0.39, 0.29) is 42.2 Å². The minimum Gasteiger partial charge on any atom is -0.482 e. The maximum atomic E-state index is 12.6. The Morgan fingerprint density at radius 1 is 1.09 bits per heavy atom. The molecule has 2 heterocycles. The third kappa shape index (κ3) is 4.54. The van der Waals surface area contributed by atoms with Crippen LogP contribution in [-0.2, 0) is 16.8 Å². The molecule has 1 aliphatic rings. The van der Waals surface area contributed by atoms with Crippen molar-refractivity contribution in [2.75, 3.05) is 11.5 Å². The number of rotatable bonds is 5. The van der Waals surface area contributed by atoms with Crippen LogP contribution in [-0.4, -0.2) is 18.4 Å². The number of amides is 2. The van der Waals surface area contributed by atoms with Crippen LogP contribution in [0.25, 0.3) is 0 Å². The van der Waals surface area contributed by atoms with E-state index in [4.69, 9.17) is 9.15 Å². The fraction of sp³-hybridized carbons (Fsp3) is 0.308. The van der Waals surface area contributed by atoms with Crippen LogP contribution in [0.3, 0.4) is 0 Å². The Morgan fingerprint density at radius 3 is 2.56 bits per heavy atom. The van der Waals surface area contributed by atoms with Crippen LogP contribution in [0.1, 0.15) is 61.2 Å². The average Bonchev–Trinajstić information content (AvgIpc) is 3.24. The Balaban J connectivity index is 1.51. The average molecular weight is 433 g/mol. The van der Waals surface area contributed by atoms with Crippen molar-refractivity contribution in [2.24, 2.45) is 0 Å². The van der Waals surface area contributed by atoms with E-state index in [1.807, 2.05) is 55.5 Å². The molecule has 0 bridgehead atoms. The lowest BCUT2D eigenvalue weighted by Gasteiger charge is -2.31. The van der Waals surface area contributed by atoms with E-state index in [9.17, 15) is 9.59 Å². The van der Waals surface area contributed by atoms with Crippen LogP contribution < -0.4 is 15.0 Å². The van der Waals surface area contributed by atoms with Crippen molar-refractivity contribution < 1.29 is 18.7 Å². The van der Waals surface area contributed by atoms with Crippen molar-refractivity contribution >= 4 is 17.5 Å². The first-order valence-corrected chi connectivity index (χ1v) is 10.7. The van der Waals surface area contributed by atoms with E-state index < -0.39 is 0 Å². The standard InChI is InChI=1S/C26H28N2O4/c1-17(18-8-6-5-7-9-18)27-25(30)23-13-11-20(32-23)15-28-21-14-19(26(2,3)4)10-12-22(21)31-16-24(28)29/h5-14,17H,15-16H2,1-4H3,(H,27,30)/t17-/m0/s1. The molecule has 0 unspecified atom stereocenters. The number of benzene rings is 2. The number of carbonyl (C=O) groups is 2. The summed E-state index contributed by atoms with van der Waals surface area (Å²) in [6.07, 6.45) is 0. The molecule has 0 fully saturated rings. The first-order chi connectivity index (χ1) is 15.2. The summed E-state index contributed by atoms with van der Waals surface area (Å²) in [6, 6.07) is 18.9. The summed E-state index contributed by atoms with van der Waals surface area (Å²) in [6.45, 7) is 8.50. The molecule has 0 saturated carbocycles. The van der Waals surface area contributed by atoms with E-state index in [1.165, 1.54) is 0 Å². The Hall–Kier alpha value is -3.54. The summed E-state index contributed by atoms with van der Waals surface area (Å²) in [5.74, 6) is 0.968. The Labute approximate surface area is 188 Å². The lowest BCUT2D eigenvalue weighted by atomic mass is 9.86. The molecular formula is C26H28N2O4. The summed E-state index contributed by atoms with van der Waals surface area (Å²) in [4.78, 5) is 26.9. The zero-order chi connectivity index (χ0) is 22.9. The molecule has 0 radical (unpaired) electrons. The van der Waals surface area contributed by atoms with Gasteiger partial charge in [-0.1, -0.05) is 57.2 Å². The molecule has 0 spiro atoms. The van der Waals surface area contributed by atoms with Gasteiger partial charge in [0.1, 0.15) is 11.5 Å². The van der Waals surface area contributed by atoms with Gasteiger partial charge in [0.05, 0.1) is 18.3 Å². The van der Waals surface area contributed by atoms with Crippen LogP contribution >= 0.6 is 0 Å². The Bertz CT molecular complexity index is 1130. The van der Waals surface area contributed by atoms with Crippen LogP contribution in [0.4, 0.5) is 5.69 Å². The summed E-state index contributed by atoms with van der Waals surface area (Å²) >= 11 is 0. The third-order valence-electron chi connectivity index (χ3n) is 5.61. The Kier molecular flexibility index (Phi) is 5.78. The van der Waals surface area contributed by atoms with Crippen molar-refractivity contribution in [1.82, 2.24) is 5.32 Å². The second-order valence-electron chi connectivity index (χ2n) is 9.07. The second kappa shape index (κ2) is 8.54. The predicted octanol–water partition coefficient (Wildman–Crippen LogP) is 4.99. The van der Waals surface area contributed by atoms with Gasteiger partial charge in [0.2, 0.25) is 0 Å². The molecule has 6 nitrogen and oxygen atoms in total. The van der Waals surface area contributed by atoms with Crippen molar-refractivity contribution in [2.45, 2.75) is 45.7 Å². The van der Waals surface area contributed by atoms with E-state index in [0.29, 0.717) is 17.2 Å². The summed E-state index contributed by atoms with van der Waals surface area (Å²) < 4.78 is 11.4. The third-order valence-corrected chi connectivity index (χ3v) is 5.61. The SMILES string of the molecule is C[C@H](NC(=O)c1ccc(CN2C(=O)COc3ccc(C(C)(C)C)cc32)o1)c1ccccc1. The van der Waals surface area contributed by atoms with Crippen LogP contribution in [0.2, 0.25) is 0 Å². The van der Waals surface area contributed by atoms with Crippen molar-refractivity contribution in [3.63, 3.8) is 0 Å². The minimum atomic E-state index is -0.295. The molecular weight excluding hydrogens is 404 g/mol. The lowest BCUT2D eigenvalue weighted by molar-refractivity contribution is -0.121. The highest BCUT2D eigenvalue weighted by Crippen LogP contribution is 2.37. The van der Waals surface area contributed by atoms with E-state index >= 15 is 0 Å². The van der Waals surface area contributed by atoms with Crippen molar-refractivity contribution in [3.8, 4) is 5.75 Å². The lowest BCUT2D eigenvalue weighted by Crippen LogP contribution is -2.38. The van der Waals surface area contributed by atoms with Crippen LogP contribution in [0.15, 0.2) is 65.1 Å². The Morgan fingerprint density at radius 2 is 1.84 bits per heavy atom. The number of carbonyl (C=O) groups excluding carboxylic acids is 2. The predicted molar refractivity (Wildman–Crippen MR) is 123 cm³/mol. The molecule has 2 amide bonds. The van der Waals surface area contributed by atoms with Gasteiger partial charge in [0.25, 0.3) is 11.8 Å². The van der Waals surface area contributed by atoms with E-state index in [1.54, 1.807) is 17.0 Å². The summed E-state index contributed by atoms with van der Waals surface area (Å²) in [5.41, 5.74) is 2.77. The molecule has 0 saturated heterocycles. The topological polar surface area (TPSA) is 71.8 Å². The molecule has 1 aliphatic heterocycles. The van der Waals surface area contributed by atoms with E-state index in [0.717, 1.165) is 11.1 Å². The number of hydrogen-bond acceptors (Lipinski definition) is 4. The molecule has 6 heteroatoms. The fourth-order valence-corrected chi connectivity index (χ4v) is 3.68. The highest BCUT2D eigenvalue weighted by atomic mass is 16.5. The quantitative estimate of drug-likeness (QED) is 0.616. The molecule has 4 rings (SSSR count). The normalized spacial score (nSPS) is 14.5. The number of nitrogens with one attached hydrogen (secondary N) is 1. The summed E-state index contributed by atoms with van der Waals surface area (Å²) in [7, 11) is 0. The van der Waals surface area contributed by atoms with Crippen molar-refractivity contribution in [3.05, 3.63) is 83.3 Å². The van der Waals surface area contributed by atoms with Gasteiger partial charge in [-0.25, -0.2) is 0 Å². The van der Waals surface area contributed by atoms with Gasteiger partial charge >= 0.3 is 0 Å². The van der Waals surface area contributed by atoms with E-state index in [2.05, 4.69) is 26.1 Å². The van der Waals surface area contributed by atoms with Gasteiger partial charge < -0.3 is 14.5 Å². The number of hydrogen-bond donors (Lipinski definition) is 1. The highest BCUT2D eigenvalue weighted by Gasteiger charge is 2.28. The van der Waals surface area contributed by atoms with Gasteiger partial charge in [-0.05, 0) is 47.7 Å². The number of nitrogens with zero attached hydrogens (tertiary/aromatic N) is 1. The van der Waals surface area contributed by atoms with Gasteiger partial charge in [-0.3, -0.25) is 14.5 Å². The second-order valence-corrected chi connectivity index (χ2v) is 9.07. The van der Waals surface area contributed by atoms with Gasteiger partial charge in [-0.2, -0.15) is 0 Å². The first kappa shape index (κ1) is 21.7. The number of fused-ring (bicyclic) bond motifs is 1. The van der Waals surface area contributed by atoms with Crippen LogP contribution in [0, 0.1) is 0 Å². The molecule has 1 atom stereocenters. The minimum absolute atomic E-state index is 0.0233. The molecule has 32 heavy (non-hydrogen) atoms. The maximum Gasteiger partial charge on any atom is 0.287 e. The molecule has 166 valence electrons. The van der Waals surface area contributed by atoms with Crippen LogP contribution in [0.5, 0.6) is 5.75 Å². The number of ether oxygens (including phenoxy) is 1. The highest BCUT2D eigenvalue weighted by molar-refractivity contribution is 5.98. The fourth-order valence-electron chi connectivity index (χ4n) is 3.68. The smallest absolute Gasteiger partial charge is 0.287 e. The molecule has 1 N–H and O–H groups in total. The molecule has 3 aromatic rings. The zero-order valence-corrected chi connectivity index (χ0v) is 18.8. The number of furan rings is 1. The van der Waals surface area contributed by atoms with Gasteiger partial charge in [0, 0.05) is 0 Å².